The first-order valence-corrected chi connectivity index (χ1v) is 15.2. The van der Waals surface area contributed by atoms with Gasteiger partial charge in [0.1, 0.15) is 6.04 Å². The normalized spacial score (nSPS) is 12.8. The van der Waals surface area contributed by atoms with E-state index in [0.717, 1.165) is 52.2 Å². The van der Waals surface area contributed by atoms with Crippen molar-refractivity contribution in [2.24, 2.45) is 0 Å². The smallest absolute Gasteiger partial charge is 0.326 e. The molecule has 0 fully saturated rings. The maximum Gasteiger partial charge on any atom is 0.326 e. The topological polar surface area (TPSA) is 88.5 Å². The summed E-state index contributed by atoms with van der Waals surface area (Å²) in [4.78, 5) is 30.9. The maximum atomic E-state index is 13.3. The molecule has 204 valence electrons. The number of benzene rings is 2. The number of ether oxygens (including phenoxy) is 1. The van der Waals surface area contributed by atoms with Gasteiger partial charge in [-0.2, -0.15) is 11.8 Å². The van der Waals surface area contributed by atoms with Crippen molar-refractivity contribution in [2.45, 2.75) is 72.1 Å². The summed E-state index contributed by atoms with van der Waals surface area (Å²) in [5.74, 6) is -0.766. The highest BCUT2D eigenvalue weighted by molar-refractivity contribution is 7.98. The van der Waals surface area contributed by atoms with Crippen LogP contribution < -0.4 is 5.32 Å². The van der Waals surface area contributed by atoms with E-state index in [1.807, 2.05) is 63.4 Å². The van der Waals surface area contributed by atoms with E-state index in [-0.39, 0.29) is 12.0 Å². The van der Waals surface area contributed by atoms with Crippen molar-refractivity contribution in [2.75, 3.05) is 12.0 Å². The molecule has 0 spiro atoms. The Hall–Kier alpha value is -2.68. The molecule has 0 bridgehead atoms. The minimum Gasteiger partial charge on any atom is -0.480 e. The van der Waals surface area contributed by atoms with Crippen LogP contribution in [0.15, 0.2) is 42.5 Å². The third-order valence-corrected chi connectivity index (χ3v) is 8.29. The number of rotatable bonds is 14. The van der Waals surface area contributed by atoms with Gasteiger partial charge in [-0.1, -0.05) is 50.1 Å². The number of amides is 1. The van der Waals surface area contributed by atoms with Crippen LogP contribution in [0.2, 0.25) is 0 Å². The van der Waals surface area contributed by atoms with Gasteiger partial charge >= 0.3 is 5.97 Å². The average molecular weight is 555 g/mol. The SMILES string of the molecule is CCCCC(OCc1ccc(C(=O)N[C@@H](CCSC)C(=O)O)c(-c2ccccc2C)c1)c1sc(C)nc1C. The van der Waals surface area contributed by atoms with E-state index in [1.165, 1.54) is 4.88 Å². The van der Waals surface area contributed by atoms with Crippen LogP contribution in [0, 0.1) is 20.8 Å². The number of aryl methyl sites for hydroxylation is 3. The highest BCUT2D eigenvalue weighted by atomic mass is 32.2. The van der Waals surface area contributed by atoms with Crippen molar-refractivity contribution >= 4 is 35.0 Å². The highest BCUT2D eigenvalue weighted by Gasteiger charge is 2.23. The summed E-state index contributed by atoms with van der Waals surface area (Å²) in [6, 6.07) is 12.6. The Kier molecular flexibility index (Phi) is 11.4. The molecule has 1 heterocycles. The van der Waals surface area contributed by atoms with Gasteiger partial charge < -0.3 is 15.2 Å². The number of hydrogen-bond acceptors (Lipinski definition) is 6. The van der Waals surface area contributed by atoms with Gasteiger partial charge in [0.15, 0.2) is 0 Å². The summed E-state index contributed by atoms with van der Waals surface area (Å²) in [6.45, 7) is 8.64. The van der Waals surface area contributed by atoms with E-state index in [2.05, 4.69) is 17.2 Å². The molecule has 0 aliphatic carbocycles. The van der Waals surface area contributed by atoms with Crippen molar-refractivity contribution in [3.8, 4) is 11.1 Å². The summed E-state index contributed by atoms with van der Waals surface area (Å²) in [6.07, 6.45) is 5.34. The number of aliphatic carboxylic acids is 1. The minimum absolute atomic E-state index is 0.0289. The van der Waals surface area contributed by atoms with E-state index >= 15 is 0 Å². The predicted octanol–water partition coefficient (Wildman–Crippen LogP) is 7.12. The number of aromatic nitrogens is 1. The number of carboxylic acids is 1. The van der Waals surface area contributed by atoms with Crippen molar-refractivity contribution in [1.82, 2.24) is 10.3 Å². The molecule has 2 atom stereocenters. The second-order valence-corrected chi connectivity index (χ2v) is 11.7. The van der Waals surface area contributed by atoms with Gasteiger partial charge in [-0.25, -0.2) is 9.78 Å². The van der Waals surface area contributed by atoms with E-state index < -0.39 is 12.0 Å². The van der Waals surface area contributed by atoms with Gasteiger partial charge in [-0.15, -0.1) is 11.3 Å². The van der Waals surface area contributed by atoms with E-state index in [1.54, 1.807) is 29.2 Å². The van der Waals surface area contributed by atoms with Gasteiger partial charge in [0.25, 0.3) is 5.91 Å². The van der Waals surface area contributed by atoms with Gasteiger partial charge in [0.05, 0.1) is 28.3 Å². The standard InChI is InChI=1S/C30H38N2O4S2/c1-6-7-12-27(28-20(3)31-21(4)38-28)36-18-22-13-14-24(25(17-22)23-11-9-8-10-19(23)2)29(33)32-26(30(34)35)15-16-37-5/h8-11,13-14,17,26-27H,6-7,12,15-16,18H2,1-5H3,(H,32,33)(H,34,35)/t26-,27?/m0/s1. The quantitative estimate of drug-likeness (QED) is 0.221. The predicted molar refractivity (Wildman–Crippen MR) is 157 cm³/mol. The van der Waals surface area contributed by atoms with Crippen LogP contribution in [-0.2, 0) is 16.1 Å². The summed E-state index contributed by atoms with van der Waals surface area (Å²) in [5, 5.41) is 13.4. The van der Waals surface area contributed by atoms with Gasteiger partial charge in [-0.05, 0) is 80.0 Å². The van der Waals surface area contributed by atoms with Gasteiger partial charge in [0, 0.05) is 5.56 Å². The number of thioether (sulfide) groups is 1. The van der Waals surface area contributed by atoms with E-state index in [0.29, 0.717) is 24.3 Å². The number of thiazole rings is 1. The first-order chi connectivity index (χ1) is 18.2. The lowest BCUT2D eigenvalue weighted by molar-refractivity contribution is -0.139. The molecule has 8 heteroatoms. The lowest BCUT2D eigenvalue weighted by atomic mass is 9.93. The molecule has 0 aliphatic rings. The first-order valence-electron chi connectivity index (χ1n) is 13.0. The number of carbonyl (C=O) groups excluding carboxylic acids is 1. The highest BCUT2D eigenvalue weighted by Crippen LogP contribution is 2.33. The Morgan fingerprint density at radius 1 is 1.11 bits per heavy atom. The van der Waals surface area contributed by atoms with Gasteiger partial charge in [-0.3, -0.25) is 4.79 Å². The van der Waals surface area contributed by atoms with Crippen molar-refractivity contribution in [3.63, 3.8) is 0 Å². The number of hydrogen-bond donors (Lipinski definition) is 2. The largest absolute Gasteiger partial charge is 0.480 e. The second-order valence-electron chi connectivity index (χ2n) is 9.47. The molecule has 0 aliphatic heterocycles. The molecule has 38 heavy (non-hydrogen) atoms. The molecule has 1 aromatic heterocycles. The Labute approximate surface area is 234 Å². The summed E-state index contributed by atoms with van der Waals surface area (Å²) in [7, 11) is 0. The molecule has 2 aromatic carbocycles. The summed E-state index contributed by atoms with van der Waals surface area (Å²) < 4.78 is 6.46. The number of nitrogens with one attached hydrogen (secondary N) is 1. The molecular weight excluding hydrogens is 516 g/mol. The van der Waals surface area contributed by atoms with Crippen LogP contribution in [0.4, 0.5) is 0 Å². The zero-order valence-electron chi connectivity index (χ0n) is 22.9. The molecule has 3 rings (SSSR count). The number of carbonyl (C=O) groups is 2. The van der Waals surface area contributed by atoms with Gasteiger partial charge in [0.2, 0.25) is 0 Å². The fraction of sp³-hybridized carbons (Fsp3) is 0.433. The Bertz CT molecular complexity index is 1240. The molecule has 6 nitrogen and oxygen atoms in total. The van der Waals surface area contributed by atoms with Crippen molar-refractivity contribution in [1.29, 1.82) is 0 Å². The first kappa shape index (κ1) is 29.9. The molecule has 1 amide bonds. The summed E-state index contributed by atoms with van der Waals surface area (Å²) in [5.41, 5.74) is 5.17. The third-order valence-electron chi connectivity index (χ3n) is 6.48. The minimum atomic E-state index is -1.03. The molecule has 2 N–H and O–H groups in total. The molecule has 0 radical (unpaired) electrons. The molecular formula is C30H38N2O4S2. The number of unbranched alkanes of at least 4 members (excludes halogenated alkanes) is 1. The van der Waals surface area contributed by atoms with E-state index in [9.17, 15) is 14.7 Å². The van der Waals surface area contributed by atoms with Crippen LogP contribution >= 0.6 is 23.1 Å². The zero-order chi connectivity index (χ0) is 27.7. The lowest BCUT2D eigenvalue weighted by Crippen LogP contribution is -2.41. The maximum absolute atomic E-state index is 13.3. The zero-order valence-corrected chi connectivity index (χ0v) is 24.5. The van der Waals surface area contributed by atoms with Crippen molar-refractivity contribution in [3.05, 3.63) is 74.7 Å². The molecule has 3 aromatic rings. The molecule has 0 saturated heterocycles. The van der Waals surface area contributed by atoms with Crippen molar-refractivity contribution < 1.29 is 19.4 Å². The number of carboxylic acid groups (broad SMARTS) is 1. The van der Waals surface area contributed by atoms with Crippen LogP contribution in [0.5, 0.6) is 0 Å². The fourth-order valence-corrected chi connectivity index (χ4v) is 5.91. The van der Waals surface area contributed by atoms with Crippen LogP contribution in [0.1, 0.15) is 75.8 Å². The van der Waals surface area contributed by atoms with Crippen LogP contribution in [-0.4, -0.2) is 40.0 Å². The fourth-order valence-electron chi connectivity index (χ4n) is 4.43. The monoisotopic (exact) mass is 554 g/mol. The second kappa shape index (κ2) is 14.5. The summed E-state index contributed by atoms with van der Waals surface area (Å²) >= 11 is 3.25. The molecule has 1 unspecified atom stereocenters. The van der Waals surface area contributed by atoms with E-state index in [4.69, 9.17) is 4.74 Å². The lowest BCUT2D eigenvalue weighted by Gasteiger charge is -2.19. The molecule has 0 saturated carbocycles. The Balaban J connectivity index is 1.91. The van der Waals surface area contributed by atoms with Crippen LogP contribution in [0.25, 0.3) is 11.1 Å². The number of nitrogens with zero attached hydrogens (tertiary/aromatic N) is 1. The third kappa shape index (κ3) is 7.91. The van der Waals surface area contributed by atoms with Crippen LogP contribution in [0.3, 0.4) is 0 Å². The Morgan fingerprint density at radius 2 is 1.87 bits per heavy atom. The average Bonchev–Trinajstić information content (AvgIpc) is 3.23. The Morgan fingerprint density at radius 3 is 2.50 bits per heavy atom.